The van der Waals surface area contributed by atoms with E-state index in [1.54, 1.807) is 6.92 Å². The lowest BCUT2D eigenvalue weighted by Gasteiger charge is -2.11. The molecule has 118 valence electrons. The number of azo groups is 1. The van der Waals surface area contributed by atoms with Gasteiger partial charge in [0.15, 0.2) is 6.04 Å². The van der Waals surface area contributed by atoms with Crippen LogP contribution in [0.15, 0.2) is 69.9 Å². The predicted molar refractivity (Wildman–Crippen MR) is 91.4 cm³/mol. The Kier molecular flexibility index (Phi) is 3.38. The normalized spacial score (nSPS) is 17.9. The monoisotopic (exact) mass is 318 g/mol. The van der Waals surface area contributed by atoms with E-state index in [1.165, 1.54) is 5.01 Å². The van der Waals surface area contributed by atoms with Gasteiger partial charge in [0.2, 0.25) is 5.95 Å². The number of H-pyrrole nitrogens is 1. The summed E-state index contributed by atoms with van der Waals surface area (Å²) in [4.78, 5) is 19.9. The number of anilines is 1. The third-order valence-corrected chi connectivity index (χ3v) is 3.74. The summed E-state index contributed by atoms with van der Waals surface area (Å²) < 4.78 is 0. The number of nitrogens with one attached hydrogen (secondary N) is 1. The first kappa shape index (κ1) is 14.3. The Morgan fingerprint density at radius 2 is 1.83 bits per heavy atom. The number of hydrogen-bond donors (Lipinski definition) is 1. The molecule has 0 saturated heterocycles. The van der Waals surface area contributed by atoms with Crippen LogP contribution in [0.2, 0.25) is 0 Å². The Bertz CT molecular complexity index is 926. The zero-order chi connectivity index (χ0) is 16.5. The van der Waals surface area contributed by atoms with Crippen LogP contribution in [0.25, 0.3) is 11.0 Å². The number of aromatic amines is 1. The minimum absolute atomic E-state index is 0.224. The van der Waals surface area contributed by atoms with Crippen LogP contribution in [0.4, 0.5) is 11.6 Å². The largest absolute Gasteiger partial charge is 0.321 e. The second-order valence-corrected chi connectivity index (χ2v) is 5.42. The molecule has 24 heavy (non-hydrogen) atoms. The van der Waals surface area contributed by atoms with Crippen LogP contribution in [0.5, 0.6) is 0 Å². The van der Waals surface area contributed by atoms with Crippen molar-refractivity contribution in [2.24, 2.45) is 15.3 Å². The molecule has 1 unspecified atom stereocenters. The van der Waals surface area contributed by atoms with E-state index in [9.17, 15) is 4.79 Å². The average molecular weight is 318 g/mol. The number of rotatable bonds is 3. The van der Waals surface area contributed by atoms with Gasteiger partial charge in [-0.25, -0.2) is 4.98 Å². The van der Waals surface area contributed by atoms with Gasteiger partial charge in [0.1, 0.15) is 0 Å². The van der Waals surface area contributed by atoms with Gasteiger partial charge in [-0.15, -0.1) is 5.11 Å². The second kappa shape index (κ2) is 5.69. The Morgan fingerprint density at radius 3 is 2.62 bits per heavy atom. The molecule has 0 fully saturated rings. The van der Waals surface area contributed by atoms with E-state index in [4.69, 9.17) is 0 Å². The number of para-hydroxylation sites is 3. The zero-order valence-electron chi connectivity index (χ0n) is 12.9. The van der Waals surface area contributed by atoms with Crippen molar-refractivity contribution in [1.29, 1.82) is 0 Å². The van der Waals surface area contributed by atoms with Crippen LogP contribution in [0.1, 0.15) is 6.92 Å². The Balaban J connectivity index is 1.58. The van der Waals surface area contributed by atoms with Crippen LogP contribution in [-0.4, -0.2) is 27.6 Å². The Hall–Kier alpha value is -3.35. The molecule has 1 atom stereocenters. The van der Waals surface area contributed by atoms with Gasteiger partial charge in [0.25, 0.3) is 5.91 Å². The van der Waals surface area contributed by atoms with E-state index in [0.29, 0.717) is 17.3 Å². The van der Waals surface area contributed by atoms with Gasteiger partial charge in [0.05, 0.1) is 22.4 Å². The summed E-state index contributed by atoms with van der Waals surface area (Å²) in [7, 11) is 0. The minimum atomic E-state index is -0.724. The Labute approximate surface area is 137 Å². The van der Waals surface area contributed by atoms with Crippen molar-refractivity contribution in [2.75, 3.05) is 5.01 Å². The van der Waals surface area contributed by atoms with Gasteiger partial charge in [-0.3, -0.25) is 4.79 Å². The average Bonchev–Trinajstić information content (AvgIpc) is 3.14. The molecule has 1 N–H and O–H groups in total. The third-order valence-electron chi connectivity index (χ3n) is 3.74. The fraction of sp³-hybridized carbons (Fsp3) is 0.118. The van der Waals surface area contributed by atoms with E-state index < -0.39 is 6.04 Å². The van der Waals surface area contributed by atoms with Gasteiger partial charge in [-0.2, -0.15) is 15.2 Å². The highest BCUT2D eigenvalue weighted by Gasteiger charge is 2.34. The van der Waals surface area contributed by atoms with Crippen molar-refractivity contribution >= 4 is 34.3 Å². The van der Waals surface area contributed by atoms with Crippen LogP contribution in [0, 0.1) is 0 Å². The molecular weight excluding hydrogens is 304 g/mol. The van der Waals surface area contributed by atoms with Crippen LogP contribution in [-0.2, 0) is 4.79 Å². The number of carbonyl (C=O) groups excluding carboxylic acids is 1. The molecule has 0 radical (unpaired) electrons. The topological polar surface area (TPSA) is 86.1 Å². The van der Waals surface area contributed by atoms with Gasteiger partial charge in [0, 0.05) is 0 Å². The molecule has 1 aliphatic heterocycles. The number of hydrogen-bond acceptors (Lipinski definition) is 5. The number of hydrazone groups is 1. The highest BCUT2D eigenvalue weighted by atomic mass is 16.2. The molecule has 4 rings (SSSR count). The van der Waals surface area contributed by atoms with Gasteiger partial charge in [-0.1, -0.05) is 30.3 Å². The van der Waals surface area contributed by atoms with Crippen LogP contribution in [0.3, 0.4) is 0 Å². The van der Waals surface area contributed by atoms with Crippen molar-refractivity contribution in [1.82, 2.24) is 9.97 Å². The molecular formula is C17H14N6O. The summed E-state index contributed by atoms with van der Waals surface area (Å²) in [5.41, 5.74) is 2.99. The van der Waals surface area contributed by atoms with E-state index in [-0.39, 0.29) is 5.91 Å². The van der Waals surface area contributed by atoms with Crippen molar-refractivity contribution in [3.05, 3.63) is 54.6 Å². The molecule has 1 aliphatic rings. The highest BCUT2D eigenvalue weighted by molar-refractivity contribution is 6.18. The van der Waals surface area contributed by atoms with Gasteiger partial charge in [-0.05, 0) is 31.2 Å². The first-order valence-electron chi connectivity index (χ1n) is 7.52. The van der Waals surface area contributed by atoms with Crippen molar-refractivity contribution in [2.45, 2.75) is 13.0 Å². The maximum absolute atomic E-state index is 12.5. The summed E-state index contributed by atoms with van der Waals surface area (Å²) >= 11 is 0. The van der Waals surface area contributed by atoms with Crippen LogP contribution < -0.4 is 5.01 Å². The lowest BCUT2D eigenvalue weighted by atomic mass is 10.2. The van der Waals surface area contributed by atoms with Gasteiger partial charge >= 0.3 is 0 Å². The van der Waals surface area contributed by atoms with Crippen LogP contribution >= 0.6 is 0 Å². The maximum atomic E-state index is 12.5. The minimum Gasteiger partial charge on any atom is -0.321 e. The number of carbonyl (C=O) groups is 1. The smallest absolute Gasteiger partial charge is 0.280 e. The number of aromatic nitrogens is 2. The predicted octanol–water partition coefficient (Wildman–Crippen LogP) is 3.44. The molecule has 0 saturated carbocycles. The molecule has 7 heteroatoms. The van der Waals surface area contributed by atoms with Crippen molar-refractivity contribution < 1.29 is 4.79 Å². The number of benzene rings is 2. The fourth-order valence-electron chi connectivity index (χ4n) is 2.54. The molecule has 1 amide bonds. The number of fused-ring (bicyclic) bond motifs is 1. The summed E-state index contributed by atoms with van der Waals surface area (Å²) in [6.45, 7) is 1.77. The lowest BCUT2D eigenvalue weighted by molar-refractivity contribution is -0.117. The molecule has 1 aromatic heterocycles. The lowest BCUT2D eigenvalue weighted by Crippen LogP contribution is -2.29. The van der Waals surface area contributed by atoms with E-state index in [1.807, 2.05) is 54.6 Å². The highest BCUT2D eigenvalue weighted by Crippen LogP contribution is 2.23. The molecule has 0 spiro atoms. The third kappa shape index (κ3) is 2.45. The van der Waals surface area contributed by atoms with E-state index in [2.05, 4.69) is 25.3 Å². The SMILES string of the molecule is CC1=NN(c2ccccc2)C(=O)C1N=Nc1nc2ccccc2[nH]1. The first-order chi connectivity index (χ1) is 11.7. The Morgan fingerprint density at radius 1 is 1.08 bits per heavy atom. The molecule has 2 heterocycles. The second-order valence-electron chi connectivity index (χ2n) is 5.42. The summed E-state index contributed by atoms with van der Waals surface area (Å²) in [6.07, 6.45) is 0. The summed E-state index contributed by atoms with van der Waals surface area (Å²) in [6, 6.07) is 16.1. The summed E-state index contributed by atoms with van der Waals surface area (Å²) in [5.74, 6) is 0.147. The number of imidazole rings is 1. The quantitative estimate of drug-likeness (QED) is 0.750. The fourth-order valence-corrected chi connectivity index (χ4v) is 2.54. The molecule has 0 aliphatic carbocycles. The number of nitrogens with zero attached hydrogens (tertiary/aromatic N) is 5. The molecule has 3 aromatic rings. The van der Waals surface area contributed by atoms with Crippen molar-refractivity contribution in [3.63, 3.8) is 0 Å². The van der Waals surface area contributed by atoms with Gasteiger partial charge < -0.3 is 4.98 Å². The molecule has 2 aromatic carbocycles. The molecule has 7 nitrogen and oxygen atoms in total. The molecule has 0 bridgehead atoms. The first-order valence-corrected chi connectivity index (χ1v) is 7.52. The summed E-state index contributed by atoms with van der Waals surface area (Å²) in [5, 5.41) is 13.9. The zero-order valence-corrected chi connectivity index (χ0v) is 12.9. The van der Waals surface area contributed by atoms with Crippen molar-refractivity contribution in [3.8, 4) is 0 Å². The number of amides is 1. The maximum Gasteiger partial charge on any atom is 0.280 e. The standard InChI is InChI=1S/C17H14N6O/c1-11-15(16(24)23(22-11)12-7-3-2-4-8-12)20-21-17-18-13-9-5-6-10-14(13)19-17/h2-10,15H,1H3,(H,18,19). The van der Waals surface area contributed by atoms with E-state index >= 15 is 0 Å². The van der Waals surface area contributed by atoms with E-state index in [0.717, 1.165) is 11.0 Å².